The van der Waals surface area contributed by atoms with Crippen LogP contribution in [0.2, 0.25) is 0 Å². The first-order valence-corrected chi connectivity index (χ1v) is 9.14. The normalized spacial score (nSPS) is 14.7. The Balaban J connectivity index is 1.53. The lowest BCUT2D eigenvalue weighted by molar-refractivity contribution is -0.125. The summed E-state index contributed by atoms with van der Waals surface area (Å²) in [5, 5.41) is 3.04. The molecule has 0 radical (unpaired) electrons. The maximum atomic E-state index is 12.6. The van der Waals surface area contributed by atoms with Crippen LogP contribution in [0.15, 0.2) is 30.5 Å². The van der Waals surface area contributed by atoms with E-state index in [2.05, 4.69) is 20.2 Å². The molecule has 0 atom stereocenters. The summed E-state index contributed by atoms with van der Waals surface area (Å²) in [7, 11) is 3.23. The summed E-state index contributed by atoms with van der Waals surface area (Å²) in [6.45, 7) is 3.97. The van der Waals surface area contributed by atoms with Crippen molar-refractivity contribution in [1.82, 2.24) is 15.3 Å². The van der Waals surface area contributed by atoms with Gasteiger partial charge in [-0.3, -0.25) is 4.79 Å². The van der Waals surface area contributed by atoms with E-state index in [1.54, 1.807) is 20.4 Å². The zero-order valence-electron chi connectivity index (χ0n) is 16.1. The van der Waals surface area contributed by atoms with E-state index >= 15 is 0 Å². The number of aromatic nitrogens is 2. The van der Waals surface area contributed by atoms with E-state index in [4.69, 9.17) is 9.47 Å². The largest absolute Gasteiger partial charge is 0.497 e. The molecule has 0 aliphatic carbocycles. The highest BCUT2D eigenvalue weighted by Crippen LogP contribution is 2.25. The van der Waals surface area contributed by atoms with Gasteiger partial charge in [0.25, 0.3) is 0 Å². The molecule has 7 heteroatoms. The first-order valence-electron chi connectivity index (χ1n) is 9.14. The summed E-state index contributed by atoms with van der Waals surface area (Å²) in [6.07, 6.45) is 3.37. The molecule has 0 saturated carbocycles. The van der Waals surface area contributed by atoms with Crippen LogP contribution in [0.4, 0.5) is 5.95 Å². The Morgan fingerprint density at radius 1 is 1.22 bits per heavy atom. The topological polar surface area (TPSA) is 76.6 Å². The van der Waals surface area contributed by atoms with Crippen LogP contribution in [-0.2, 0) is 11.3 Å². The van der Waals surface area contributed by atoms with Crippen LogP contribution in [-0.4, -0.2) is 43.2 Å². The van der Waals surface area contributed by atoms with Crippen LogP contribution in [0, 0.1) is 12.8 Å². The lowest BCUT2D eigenvalue weighted by atomic mass is 9.96. The van der Waals surface area contributed by atoms with Gasteiger partial charge in [-0.15, -0.1) is 0 Å². The third kappa shape index (κ3) is 4.67. The molecule has 7 nitrogen and oxygen atoms in total. The average molecular weight is 370 g/mol. The number of benzene rings is 1. The Bertz CT molecular complexity index is 789. The van der Waals surface area contributed by atoms with Crippen LogP contribution < -0.4 is 19.7 Å². The second kappa shape index (κ2) is 8.70. The zero-order chi connectivity index (χ0) is 19.2. The summed E-state index contributed by atoms with van der Waals surface area (Å²) in [4.78, 5) is 23.5. The lowest BCUT2D eigenvalue weighted by Crippen LogP contribution is -2.41. The number of hydrogen-bond acceptors (Lipinski definition) is 6. The molecule has 1 N–H and O–H groups in total. The fourth-order valence-electron chi connectivity index (χ4n) is 3.25. The minimum Gasteiger partial charge on any atom is -0.497 e. The fourth-order valence-corrected chi connectivity index (χ4v) is 3.25. The summed E-state index contributed by atoms with van der Waals surface area (Å²) < 4.78 is 10.6. The summed E-state index contributed by atoms with van der Waals surface area (Å²) in [5.74, 6) is 2.28. The van der Waals surface area contributed by atoms with Crippen LogP contribution in [0.5, 0.6) is 11.5 Å². The van der Waals surface area contributed by atoms with Gasteiger partial charge in [0.2, 0.25) is 11.9 Å². The van der Waals surface area contributed by atoms with Gasteiger partial charge in [0.15, 0.2) is 0 Å². The van der Waals surface area contributed by atoms with E-state index < -0.39 is 0 Å². The molecule has 1 fully saturated rings. The van der Waals surface area contributed by atoms with E-state index in [1.807, 2.05) is 31.2 Å². The summed E-state index contributed by atoms with van der Waals surface area (Å²) in [6, 6.07) is 7.49. The van der Waals surface area contributed by atoms with Crippen LogP contribution >= 0.6 is 0 Å². The first-order chi connectivity index (χ1) is 13.1. The Morgan fingerprint density at radius 3 is 2.67 bits per heavy atom. The van der Waals surface area contributed by atoms with E-state index in [1.165, 1.54) is 0 Å². The number of ether oxygens (including phenoxy) is 2. The first kappa shape index (κ1) is 18.9. The van der Waals surface area contributed by atoms with Crippen molar-refractivity contribution in [2.24, 2.45) is 5.92 Å². The minimum absolute atomic E-state index is 0.00954. The molecule has 0 bridgehead atoms. The van der Waals surface area contributed by atoms with Gasteiger partial charge in [0.05, 0.1) is 14.2 Å². The predicted molar refractivity (Wildman–Crippen MR) is 103 cm³/mol. The Morgan fingerprint density at radius 2 is 2.00 bits per heavy atom. The smallest absolute Gasteiger partial charge is 0.225 e. The average Bonchev–Trinajstić information content (AvgIpc) is 2.72. The van der Waals surface area contributed by atoms with E-state index in [0.29, 0.717) is 12.3 Å². The molecule has 1 aromatic heterocycles. The molecule has 144 valence electrons. The summed E-state index contributed by atoms with van der Waals surface area (Å²) in [5.41, 5.74) is 1.88. The molecule has 1 saturated heterocycles. The van der Waals surface area contributed by atoms with Gasteiger partial charge in [-0.05, 0) is 38.0 Å². The molecular formula is C20H26N4O3. The predicted octanol–water partition coefficient (Wildman–Crippen LogP) is 2.34. The lowest BCUT2D eigenvalue weighted by Gasteiger charge is -2.31. The molecule has 3 rings (SSSR count). The van der Waals surface area contributed by atoms with Crippen molar-refractivity contribution in [1.29, 1.82) is 0 Å². The monoisotopic (exact) mass is 370 g/mol. The molecule has 1 aliphatic rings. The third-order valence-corrected chi connectivity index (χ3v) is 4.88. The number of carbonyl (C=O) groups excluding carboxylic acids is 1. The quantitative estimate of drug-likeness (QED) is 0.841. The third-order valence-electron chi connectivity index (χ3n) is 4.88. The number of piperidine rings is 1. The van der Waals surface area contributed by atoms with Crippen LogP contribution in [0.3, 0.4) is 0 Å². The molecule has 2 aromatic rings. The van der Waals surface area contributed by atoms with Gasteiger partial charge in [-0.25, -0.2) is 9.97 Å². The minimum atomic E-state index is 0.00954. The van der Waals surface area contributed by atoms with Crippen molar-refractivity contribution in [2.45, 2.75) is 26.3 Å². The van der Waals surface area contributed by atoms with Crippen molar-refractivity contribution in [3.63, 3.8) is 0 Å². The second-order valence-electron chi connectivity index (χ2n) is 6.65. The van der Waals surface area contributed by atoms with Gasteiger partial charge in [-0.1, -0.05) is 0 Å². The fraction of sp³-hybridized carbons (Fsp3) is 0.450. The Kier molecular flexibility index (Phi) is 6.11. The van der Waals surface area contributed by atoms with Crippen molar-refractivity contribution < 1.29 is 14.3 Å². The standard InChI is InChI=1S/C20H26N4O3/c1-14-6-9-21-20(23-14)24-10-7-15(8-11-24)19(25)22-13-16-4-5-17(26-2)12-18(16)27-3/h4-6,9,12,15H,7-8,10-11,13H2,1-3H3,(H,22,25). The maximum absolute atomic E-state index is 12.6. The number of hydrogen-bond donors (Lipinski definition) is 1. The molecule has 1 aromatic carbocycles. The molecule has 0 unspecified atom stereocenters. The number of methoxy groups -OCH3 is 2. The number of anilines is 1. The Hall–Kier alpha value is -2.83. The molecule has 27 heavy (non-hydrogen) atoms. The molecule has 0 spiro atoms. The van der Waals surface area contributed by atoms with Gasteiger partial charge < -0.3 is 19.7 Å². The van der Waals surface area contributed by atoms with Crippen molar-refractivity contribution in [2.75, 3.05) is 32.2 Å². The number of rotatable bonds is 6. The van der Waals surface area contributed by atoms with Crippen molar-refractivity contribution in [3.8, 4) is 11.5 Å². The van der Waals surface area contributed by atoms with Crippen molar-refractivity contribution >= 4 is 11.9 Å². The number of amides is 1. The van der Waals surface area contributed by atoms with E-state index in [9.17, 15) is 4.79 Å². The highest BCUT2D eigenvalue weighted by Gasteiger charge is 2.26. The molecule has 1 aliphatic heterocycles. The SMILES string of the molecule is COc1ccc(CNC(=O)C2CCN(c3nccc(C)n3)CC2)c(OC)c1. The highest BCUT2D eigenvalue weighted by molar-refractivity contribution is 5.79. The van der Waals surface area contributed by atoms with Crippen LogP contribution in [0.1, 0.15) is 24.1 Å². The Labute approximate surface area is 159 Å². The number of nitrogens with one attached hydrogen (secondary N) is 1. The van der Waals surface area contributed by atoms with Crippen molar-refractivity contribution in [3.05, 3.63) is 41.7 Å². The van der Waals surface area contributed by atoms with Gasteiger partial charge >= 0.3 is 0 Å². The molecular weight excluding hydrogens is 344 g/mol. The van der Waals surface area contributed by atoms with E-state index in [-0.39, 0.29) is 11.8 Å². The molecule has 1 amide bonds. The van der Waals surface area contributed by atoms with Crippen LogP contribution in [0.25, 0.3) is 0 Å². The van der Waals surface area contributed by atoms with Gasteiger partial charge in [-0.2, -0.15) is 0 Å². The highest BCUT2D eigenvalue weighted by atomic mass is 16.5. The molecule has 2 heterocycles. The zero-order valence-corrected chi connectivity index (χ0v) is 16.1. The maximum Gasteiger partial charge on any atom is 0.225 e. The van der Waals surface area contributed by atoms with Gasteiger partial charge in [0.1, 0.15) is 11.5 Å². The number of aryl methyl sites for hydroxylation is 1. The van der Waals surface area contributed by atoms with E-state index in [0.717, 1.165) is 48.9 Å². The number of nitrogens with zero attached hydrogens (tertiary/aromatic N) is 3. The second-order valence-corrected chi connectivity index (χ2v) is 6.65. The van der Waals surface area contributed by atoms with Gasteiger partial charge in [0, 0.05) is 49.1 Å². The number of carbonyl (C=O) groups is 1. The summed E-state index contributed by atoms with van der Waals surface area (Å²) >= 11 is 0.